The normalized spacial score (nSPS) is 10.3. The van der Waals surface area contributed by atoms with Crippen LogP contribution in [-0.4, -0.2) is 10.2 Å². The van der Waals surface area contributed by atoms with Crippen LogP contribution in [0.3, 0.4) is 0 Å². The largest absolute Gasteiger partial charge is 0.280 e. The van der Waals surface area contributed by atoms with Gasteiger partial charge in [0.25, 0.3) is 0 Å². The highest BCUT2D eigenvalue weighted by Gasteiger charge is 2.05. The van der Waals surface area contributed by atoms with E-state index in [2.05, 4.69) is 49.0 Å². The van der Waals surface area contributed by atoms with Crippen molar-refractivity contribution in [1.82, 2.24) is 10.2 Å². The number of halogens is 2. The fourth-order valence-electron chi connectivity index (χ4n) is 0.730. The number of alkyl halides is 1. The maximum Gasteiger partial charge on any atom is 0.0764 e. The molecule has 1 rings (SSSR count). The number of rotatable bonds is 2. The summed E-state index contributed by atoms with van der Waals surface area (Å²) in [6.07, 6.45) is 0.962. The van der Waals surface area contributed by atoms with Gasteiger partial charge in [0.2, 0.25) is 0 Å². The first kappa shape index (κ1) is 8.27. The number of aryl methyl sites for hydroxylation is 1. The van der Waals surface area contributed by atoms with E-state index in [-0.39, 0.29) is 0 Å². The van der Waals surface area contributed by atoms with E-state index in [0.717, 1.165) is 27.6 Å². The molecule has 0 amide bonds. The summed E-state index contributed by atoms with van der Waals surface area (Å²) in [4.78, 5) is 0. The first-order valence-corrected chi connectivity index (χ1v) is 4.98. The molecule has 0 aliphatic rings. The van der Waals surface area contributed by atoms with Gasteiger partial charge in [-0.05, 0) is 22.4 Å². The molecule has 56 valence electrons. The van der Waals surface area contributed by atoms with Crippen LogP contribution in [-0.2, 0) is 11.8 Å². The third kappa shape index (κ3) is 1.42. The van der Waals surface area contributed by atoms with Gasteiger partial charge in [0, 0.05) is 5.33 Å². The Kier molecular flexibility index (Phi) is 2.92. The summed E-state index contributed by atoms with van der Waals surface area (Å²) in [5, 5.41) is 7.85. The molecule has 0 atom stereocenters. The molecule has 0 bridgehead atoms. The molecule has 0 spiro atoms. The molecule has 0 saturated heterocycles. The van der Waals surface area contributed by atoms with Gasteiger partial charge in [-0.25, -0.2) is 0 Å². The fraction of sp³-hybridized carbons (Fsp3) is 0.500. The Bertz CT molecular complexity index is 198. The Labute approximate surface area is 76.7 Å². The molecule has 0 radical (unpaired) electrons. The number of nitrogens with one attached hydrogen (secondary N) is 1. The van der Waals surface area contributed by atoms with Gasteiger partial charge in [-0.1, -0.05) is 22.9 Å². The second kappa shape index (κ2) is 3.53. The zero-order valence-corrected chi connectivity index (χ0v) is 8.79. The maximum absolute atomic E-state index is 4.10. The van der Waals surface area contributed by atoms with Gasteiger partial charge in [0.15, 0.2) is 0 Å². The van der Waals surface area contributed by atoms with Crippen LogP contribution in [0.4, 0.5) is 0 Å². The average molecular weight is 268 g/mol. The Morgan fingerprint density at radius 2 is 2.30 bits per heavy atom. The van der Waals surface area contributed by atoms with Crippen LogP contribution in [0, 0.1) is 0 Å². The molecular weight excluding hydrogens is 260 g/mol. The number of aromatic amines is 1. The third-order valence-electron chi connectivity index (χ3n) is 1.31. The summed E-state index contributed by atoms with van der Waals surface area (Å²) in [6, 6.07) is 0. The number of aromatic nitrogens is 2. The number of hydrogen-bond donors (Lipinski definition) is 1. The van der Waals surface area contributed by atoms with Crippen LogP contribution in [0.1, 0.15) is 18.3 Å². The lowest BCUT2D eigenvalue weighted by atomic mass is 10.3. The van der Waals surface area contributed by atoms with E-state index in [4.69, 9.17) is 0 Å². The molecule has 1 aromatic heterocycles. The molecule has 0 aromatic carbocycles. The summed E-state index contributed by atoms with van der Waals surface area (Å²) in [5.41, 5.74) is 2.20. The fourth-order valence-corrected chi connectivity index (χ4v) is 2.11. The predicted octanol–water partition coefficient (Wildman–Crippen LogP) is 2.63. The molecule has 1 aromatic rings. The predicted molar refractivity (Wildman–Crippen MR) is 48.3 cm³/mol. The summed E-state index contributed by atoms with van der Waals surface area (Å²) in [7, 11) is 0. The van der Waals surface area contributed by atoms with Gasteiger partial charge in [-0.3, -0.25) is 5.10 Å². The minimum atomic E-state index is 0.820. The van der Waals surface area contributed by atoms with Crippen molar-refractivity contribution in [3.63, 3.8) is 0 Å². The maximum atomic E-state index is 4.10. The third-order valence-corrected chi connectivity index (χ3v) is 2.81. The minimum absolute atomic E-state index is 0.820. The molecule has 1 N–H and O–H groups in total. The van der Waals surface area contributed by atoms with E-state index < -0.39 is 0 Å². The Morgan fingerprint density at radius 1 is 1.60 bits per heavy atom. The van der Waals surface area contributed by atoms with E-state index in [1.807, 2.05) is 0 Å². The van der Waals surface area contributed by atoms with Crippen LogP contribution in [0.2, 0.25) is 0 Å². The van der Waals surface area contributed by atoms with Crippen LogP contribution in [0.25, 0.3) is 0 Å². The van der Waals surface area contributed by atoms with E-state index in [1.165, 1.54) is 0 Å². The number of H-pyrrole nitrogens is 1. The lowest BCUT2D eigenvalue weighted by molar-refractivity contribution is 0.959. The molecule has 1 heterocycles. The van der Waals surface area contributed by atoms with E-state index in [9.17, 15) is 0 Å². The Morgan fingerprint density at radius 3 is 2.60 bits per heavy atom. The first-order chi connectivity index (χ1) is 4.79. The van der Waals surface area contributed by atoms with Crippen molar-refractivity contribution < 1.29 is 0 Å². The Balaban J connectivity index is 2.97. The lowest BCUT2D eigenvalue weighted by Crippen LogP contribution is -1.78. The van der Waals surface area contributed by atoms with E-state index in [0.29, 0.717) is 0 Å². The minimum Gasteiger partial charge on any atom is -0.280 e. The zero-order chi connectivity index (χ0) is 7.56. The molecule has 0 aliphatic heterocycles. The van der Waals surface area contributed by atoms with Gasteiger partial charge < -0.3 is 0 Å². The van der Waals surface area contributed by atoms with Crippen molar-refractivity contribution in [2.45, 2.75) is 18.7 Å². The van der Waals surface area contributed by atoms with Crippen molar-refractivity contribution in [2.75, 3.05) is 0 Å². The van der Waals surface area contributed by atoms with Crippen molar-refractivity contribution in [2.24, 2.45) is 0 Å². The highest BCUT2D eigenvalue weighted by Crippen LogP contribution is 2.20. The second-order valence-electron chi connectivity index (χ2n) is 1.95. The van der Waals surface area contributed by atoms with Gasteiger partial charge >= 0.3 is 0 Å². The number of nitrogens with zero attached hydrogens (tertiary/aromatic N) is 1. The summed E-state index contributed by atoms with van der Waals surface area (Å²) < 4.78 is 1.10. The van der Waals surface area contributed by atoms with Gasteiger partial charge in [0.1, 0.15) is 0 Å². The summed E-state index contributed by atoms with van der Waals surface area (Å²) in [5.74, 6) is 0. The van der Waals surface area contributed by atoms with Crippen molar-refractivity contribution in [3.8, 4) is 0 Å². The van der Waals surface area contributed by atoms with Crippen LogP contribution < -0.4 is 0 Å². The monoisotopic (exact) mass is 266 g/mol. The second-order valence-corrected chi connectivity index (χ2v) is 3.30. The van der Waals surface area contributed by atoms with E-state index >= 15 is 0 Å². The smallest absolute Gasteiger partial charge is 0.0764 e. The highest BCUT2D eigenvalue weighted by molar-refractivity contribution is 9.10. The Hall–Kier alpha value is 0.170. The van der Waals surface area contributed by atoms with Crippen LogP contribution >= 0.6 is 31.9 Å². The standard InChI is InChI=1S/C6H8Br2N2/c1-2-4-6(8)5(3-7)10-9-4/h2-3H2,1H3,(H,9,10). The van der Waals surface area contributed by atoms with Crippen molar-refractivity contribution >= 4 is 31.9 Å². The average Bonchev–Trinajstić information content (AvgIpc) is 2.30. The molecule has 10 heavy (non-hydrogen) atoms. The SMILES string of the molecule is CCc1n[nH]c(CBr)c1Br. The molecule has 2 nitrogen and oxygen atoms in total. The molecule has 0 fully saturated rings. The van der Waals surface area contributed by atoms with E-state index in [1.54, 1.807) is 0 Å². The van der Waals surface area contributed by atoms with Crippen molar-refractivity contribution in [1.29, 1.82) is 0 Å². The molecular formula is C6H8Br2N2. The van der Waals surface area contributed by atoms with Gasteiger partial charge in [0.05, 0.1) is 15.9 Å². The van der Waals surface area contributed by atoms with Crippen molar-refractivity contribution in [3.05, 3.63) is 15.9 Å². The highest BCUT2D eigenvalue weighted by atomic mass is 79.9. The summed E-state index contributed by atoms with van der Waals surface area (Å²) >= 11 is 6.80. The first-order valence-electron chi connectivity index (χ1n) is 3.07. The number of hydrogen-bond acceptors (Lipinski definition) is 1. The van der Waals surface area contributed by atoms with Crippen LogP contribution in [0.15, 0.2) is 4.47 Å². The van der Waals surface area contributed by atoms with Gasteiger partial charge in [-0.15, -0.1) is 0 Å². The molecule has 0 aliphatic carbocycles. The topological polar surface area (TPSA) is 28.7 Å². The quantitative estimate of drug-likeness (QED) is 0.820. The lowest BCUT2D eigenvalue weighted by Gasteiger charge is -1.89. The van der Waals surface area contributed by atoms with Gasteiger partial charge in [-0.2, -0.15) is 5.10 Å². The zero-order valence-electron chi connectivity index (χ0n) is 5.62. The molecule has 4 heteroatoms. The molecule has 0 unspecified atom stereocenters. The van der Waals surface area contributed by atoms with Crippen LogP contribution in [0.5, 0.6) is 0 Å². The summed E-state index contributed by atoms with van der Waals surface area (Å²) in [6.45, 7) is 2.08. The molecule has 0 saturated carbocycles.